The number of anilines is 10. The Kier molecular flexibility index (Phi) is 38.3. The van der Waals surface area contributed by atoms with Crippen LogP contribution in [0.25, 0.3) is 156 Å². The normalized spacial score (nSPS) is 11.5. The monoisotopic (exact) mass is 1830 g/mol. The largest absolute Gasteiger partial charge is 0.452 e. The van der Waals surface area contributed by atoms with Crippen LogP contribution in [-0.4, -0.2) is 35.2 Å². The van der Waals surface area contributed by atoms with Crippen LogP contribution in [0.1, 0.15) is 183 Å². The topological polar surface area (TPSA) is 25.4 Å². The molecule has 139 heavy (non-hydrogen) atoms. The van der Waals surface area contributed by atoms with Crippen molar-refractivity contribution in [1.29, 1.82) is 0 Å². The second-order valence-electron chi connectivity index (χ2n) is 31.3. The predicted molar refractivity (Wildman–Crippen MR) is 629 cm³/mol. The highest BCUT2D eigenvalue weighted by molar-refractivity contribution is 6.19. The molecule has 0 saturated heterocycles. The molecule has 6 nitrogen and oxygen atoms in total. The molecular weight excluding hydrogens is 1680 g/mol. The summed E-state index contributed by atoms with van der Waals surface area (Å²) in [6, 6.07) is 130. The molecule has 25 rings (SSSR count). The van der Waals surface area contributed by atoms with Gasteiger partial charge in [0.15, 0.2) is 11.5 Å². The van der Waals surface area contributed by atoms with Crippen LogP contribution in [0.3, 0.4) is 0 Å². The molecular formula is C133H143N5O. The van der Waals surface area contributed by atoms with Gasteiger partial charge in [0.25, 0.3) is 0 Å². The van der Waals surface area contributed by atoms with Gasteiger partial charge in [-0.25, -0.2) is 0 Å². The molecule has 0 atom stereocenters. The first kappa shape index (κ1) is 104. The number of benzene rings is 20. The van der Waals surface area contributed by atoms with Crippen molar-refractivity contribution in [3.8, 4) is 11.5 Å². The predicted octanol–water partition coefficient (Wildman–Crippen LogP) is 41.1. The lowest BCUT2D eigenvalue weighted by Crippen LogP contribution is -2.16. The third kappa shape index (κ3) is 21.8. The smallest absolute Gasteiger partial charge is 0.159 e. The number of nitrogens with zero attached hydrogens (tertiary/aromatic N) is 5. The second kappa shape index (κ2) is 51.1. The summed E-state index contributed by atoms with van der Waals surface area (Å²) < 4.78 is 6.33. The van der Waals surface area contributed by atoms with E-state index in [0.29, 0.717) is 0 Å². The minimum atomic E-state index is 0.905. The summed E-state index contributed by atoms with van der Waals surface area (Å²) in [5.74, 6) is 1.85. The van der Waals surface area contributed by atoms with Gasteiger partial charge >= 0.3 is 0 Å². The van der Waals surface area contributed by atoms with Crippen LogP contribution < -0.4 is 29.2 Å². The molecule has 5 heterocycles. The summed E-state index contributed by atoms with van der Waals surface area (Å²) in [5, 5.41) is 25.4. The minimum absolute atomic E-state index is 0.905. The molecule has 0 spiro atoms. The Morgan fingerprint density at radius 3 is 0.748 bits per heavy atom. The number of fused-ring (bicyclic) bond motifs is 28. The first-order valence-electron chi connectivity index (χ1n) is 50.9. The molecule has 706 valence electrons. The number of para-hydroxylation sites is 2. The van der Waals surface area contributed by atoms with E-state index >= 15 is 0 Å². The third-order valence-electron chi connectivity index (χ3n) is 24.6. The second-order valence-corrected chi connectivity index (χ2v) is 31.3. The molecule has 0 radical (unpaired) electrons. The third-order valence-corrected chi connectivity index (χ3v) is 24.6. The molecule has 0 aliphatic carbocycles. The zero-order valence-corrected chi connectivity index (χ0v) is 86.9. The molecule has 0 fully saturated rings. The summed E-state index contributed by atoms with van der Waals surface area (Å²) in [4.78, 5) is 11.5. The first-order chi connectivity index (χ1) is 68.6. The van der Waals surface area contributed by atoms with Gasteiger partial charge in [-0.2, -0.15) is 0 Å². The van der Waals surface area contributed by atoms with E-state index in [1.54, 1.807) is 0 Å². The van der Waals surface area contributed by atoms with E-state index in [4.69, 9.17) is 4.74 Å². The van der Waals surface area contributed by atoms with E-state index in [2.05, 4.69) is 454 Å². The molecule has 6 heteroatoms. The lowest BCUT2D eigenvalue weighted by molar-refractivity contribution is 0.482. The molecule has 20 aromatic carbocycles. The van der Waals surface area contributed by atoms with Crippen LogP contribution in [0.4, 0.5) is 56.9 Å². The van der Waals surface area contributed by atoms with Gasteiger partial charge in [0.05, 0.1) is 22.7 Å². The van der Waals surface area contributed by atoms with Gasteiger partial charge in [0.2, 0.25) is 0 Å². The number of ether oxygens (including phenoxy) is 1. The number of hydrogen-bond acceptors (Lipinski definition) is 6. The van der Waals surface area contributed by atoms with E-state index < -0.39 is 0 Å². The number of rotatable bonds is 0. The van der Waals surface area contributed by atoms with Gasteiger partial charge in [-0.3, -0.25) is 0 Å². The molecule has 0 amide bonds. The Morgan fingerprint density at radius 2 is 0.388 bits per heavy atom. The highest BCUT2D eigenvalue weighted by Gasteiger charge is 2.28. The molecule has 0 N–H and O–H groups in total. The van der Waals surface area contributed by atoms with E-state index in [1.165, 1.54) is 192 Å². The van der Waals surface area contributed by atoms with Gasteiger partial charge in [0, 0.05) is 108 Å². The van der Waals surface area contributed by atoms with Crippen LogP contribution in [0, 0.1) is 0 Å². The van der Waals surface area contributed by atoms with Gasteiger partial charge in [-0.1, -0.05) is 484 Å². The Labute approximate surface area is 830 Å². The molecule has 20 aromatic rings. The molecule has 0 saturated carbocycles. The summed E-state index contributed by atoms with van der Waals surface area (Å²) in [6.45, 7) is 40.0. The maximum Gasteiger partial charge on any atom is 0.159 e. The zero-order chi connectivity index (χ0) is 99.8. The van der Waals surface area contributed by atoms with Gasteiger partial charge in [-0.15, -0.1) is 0 Å². The van der Waals surface area contributed by atoms with Gasteiger partial charge in [-0.05, 0) is 181 Å². The Hall–Kier alpha value is -15.2. The Balaban J connectivity index is 0.000000159. The number of hydrogen-bond donors (Lipinski definition) is 0. The van der Waals surface area contributed by atoms with Crippen molar-refractivity contribution in [3.63, 3.8) is 0 Å². The van der Waals surface area contributed by atoms with E-state index in [1.807, 2.05) is 157 Å². The fourth-order valence-corrected chi connectivity index (χ4v) is 18.6. The van der Waals surface area contributed by atoms with Crippen LogP contribution in [0.15, 0.2) is 364 Å². The average molecular weight is 1830 g/mol. The fourth-order valence-electron chi connectivity index (χ4n) is 18.6. The Bertz CT molecular complexity index is 7320. The summed E-state index contributed by atoms with van der Waals surface area (Å²) in [5.41, 5.74) is 22.5. The minimum Gasteiger partial charge on any atom is -0.452 e. The van der Waals surface area contributed by atoms with Crippen molar-refractivity contribution in [3.05, 3.63) is 408 Å². The maximum atomic E-state index is 6.33. The van der Waals surface area contributed by atoms with Gasteiger partial charge in [0.1, 0.15) is 0 Å². The standard InChI is InChI=1S/4C23H17N.C21H15NO.10C2H6/c1-24-22-14-10-16-6-2-4-8-18(16)20(22)12-13-21-19-9-5-3-7-17(19)11-15-23(21)24;1-24-22-18(12-10-16-6-2-4-8-20(16)22)14-15-19-13-11-17-7-3-5-9-21(17)23(19)24;1-24-22-14-18-8-4-2-6-16(18)12-20(22)10-11-21-13-17-7-3-5-9-19(17)15-23(21)24;1-24-22-13-11-16-6-4-5-9-20(16)21(22)12-10-19-14-17-7-2-3-8-18(17)15-23(19)24;1-22-18-12-6-7-13-19(18)23-21-17-11-5-3-9-15(17)14-8-2-4-10-16(14)20(21)22;10*1-2/h4*2-15H,1H3;2-13H,1H3;10*1-2H3. The van der Waals surface area contributed by atoms with E-state index in [9.17, 15) is 0 Å². The van der Waals surface area contributed by atoms with Crippen LogP contribution in [0.2, 0.25) is 0 Å². The summed E-state index contributed by atoms with van der Waals surface area (Å²) in [6.07, 6.45) is 18.0. The lowest BCUT2D eigenvalue weighted by atomic mass is 9.97. The molecule has 0 aromatic heterocycles. The van der Waals surface area contributed by atoms with E-state index in [-0.39, 0.29) is 0 Å². The first-order valence-corrected chi connectivity index (χ1v) is 50.9. The van der Waals surface area contributed by atoms with Gasteiger partial charge < -0.3 is 29.2 Å². The summed E-state index contributed by atoms with van der Waals surface area (Å²) in [7, 11) is 10.8. The van der Waals surface area contributed by atoms with Crippen molar-refractivity contribution < 1.29 is 4.74 Å². The highest BCUT2D eigenvalue weighted by atomic mass is 16.5. The van der Waals surface area contributed by atoms with Crippen molar-refractivity contribution in [2.24, 2.45) is 0 Å². The maximum absolute atomic E-state index is 6.33. The van der Waals surface area contributed by atoms with Crippen molar-refractivity contribution in [2.75, 3.05) is 59.7 Å². The quantitative estimate of drug-likeness (QED) is 0.140. The molecule has 5 aliphatic heterocycles. The zero-order valence-electron chi connectivity index (χ0n) is 86.9. The Morgan fingerprint density at radius 1 is 0.151 bits per heavy atom. The SMILES string of the molecule is CC.CC.CC.CC.CC.CC.CC.CC.CC.CC.CN1c2c(ccc3ccccc23)C=Cc2ccc3ccccc3c21.CN1c2cc3ccccc3cc2C=Cc2c1ccc1ccccc21.CN1c2cc3ccccc3cc2C=Cc2cc3ccccc3cc21.CN1c2ccc3ccccc3c2C=Cc2c1ccc1ccccc21.CN1c2ccccc2Oc2c1c1ccccc1c1ccccc21. The lowest BCUT2D eigenvalue weighted by Gasteiger charge is -2.32. The average Bonchev–Trinajstić information content (AvgIpc) is 0.936. The van der Waals surface area contributed by atoms with Crippen LogP contribution in [0.5, 0.6) is 11.5 Å². The molecule has 0 unspecified atom stereocenters. The fraction of sp³-hybridized carbons (Fsp3) is 0.188. The van der Waals surface area contributed by atoms with Crippen molar-refractivity contribution in [2.45, 2.75) is 138 Å². The van der Waals surface area contributed by atoms with Crippen molar-refractivity contribution >= 4 is 213 Å². The van der Waals surface area contributed by atoms with Crippen molar-refractivity contribution in [1.82, 2.24) is 0 Å². The highest BCUT2D eigenvalue weighted by Crippen LogP contribution is 2.54. The van der Waals surface area contributed by atoms with Crippen LogP contribution in [-0.2, 0) is 0 Å². The van der Waals surface area contributed by atoms with E-state index in [0.717, 1.165) is 28.3 Å². The van der Waals surface area contributed by atoms with Crippen LogP contribution >= 0.6 is 0 Å². The molecule has 0 bridgehead atoms. The molecule has 5 aliphatic rings. The summed E-state index contributed by atoms with van der Waals surface area (Å²) >= 11 is 0.